The number of hydrogen-bond acceptors (Lipinski definition) is 8. The van der Waals surface area contributed by atoms with E-state index in [1.54, 1.807) is 17.9 Å². The molecule has 0 unspecified atom stereocenters. The lowest BCUT2D eigenvalue weighted by atomic mass is 9.87. The number of alkyl carbamates (subject to hydrolysis) is 1. The quantitative estimate of drug-likeness (QED) is 0.626. The Balaban J connectivity index is 1.62. The van der Waals surface area contributed by atoms with Gasteiger partial charge in [0, 0.05) is 7.05 Å². The molecule has 1 aliphatic carbocycles. The van der Waals surface area contributed by atoms with Crippen molar-refractivity contribution in [2.24, 2.45) is 13.0 Å². The molecular formula is C23H33N5O5. The van der Waals surface area contributed by atoms with Crippen LogP contribution in [0.3, 0.4) is 0 Å². The minimum absolute atomic E-state index is 0.0501. The van der Waals surface area contributed by atoms with Crippen LogP contribution in [0.2, 0.25) is 0 Å². The van der Waals surface area contributed by atoms with Crippen LogP contribution in [0.15, 0.2) is 18.3 Å². The summed E-state index contributed by atoms with van der Waals surface area (Å²) < 4.78 is 18.1. The second-order valence-electron chi connectivity index (χ2n) is 9.10. The van der Waals surface area contributed by atoms with E-state index in [4.69, 9.17) is 14.2 Å². The third kappa shape index (κ3) is 6.90. The summed E-state index contributed by atoms with van der Waals surface area (Å²) >= 11 is 0. The molecule has 2 atom stereocenters. The molecule has 3 rings (SSSR count). The number of aromatic nitrogens is 4. The van der Waals surface area contributed by atoms with Crippen LogP contribution in [0.5, 0.6) is 5.75 Å². The Morgan fingerprint density at radius 2 is 2.03 bits per heavy atom. The van der Waals surface area contributed by atoms with Crippen molar-refractivity contribution in [1.82, 2.24) is 25.3 Å². The molecule has 0 saturated heterocycles. The average molecular weight is 460 g/mol. The number of ether oxygens (including phenoxy) is 3. The Bertz CT molecular complexity index is 951. The van der Waals surface area contributed by atoms with Gasteiger partial charge in [-0.15, -0.1) is 5.10 Å². The predicted molar refractivity (Wildman–Crippen MR) is 120 cm³/mol. The number of esters is 1. The molecule has 10 nitrogen and oxygen atoms in total. The zero-order valence-electron chi connectivity index (χ0n) is 20.0. The number of nitrogens with one attached hydrogen (secondary N) is 1. The SMILES string of the molecule is CCOC(=O)[C@H]1CCC[C@H](Oc2ccc(-c3nnn(C)c3CNC(=O)OC(C)(C)C)nc2)C1. The van der Waals surface area contributed by atoms with Crippen LogP contribution >= 0.6 is 0 Å². The molecule has 0 aliphatic heterocycles. The minimum Gasteiger partial charge on any atom is -0.489 e. The van der Waals surface area contributed by atoms with Gasteiger partial charge in [-0.3, -0.25) is 9.78 Å². The molecule has 180 valence electrons. The number of carbonyl (C=O) groups is 2. The molecule has 1 N–H and O–H groups in total. The van der Waals surface area contributed by atoms with Crippen LogP contribution in [0, 0.1) is 5.92 Å². The van der Waals surface area contributed by atoms with Gasteiger partial charge in [0.05, 0.1) is 42.8 Å². The fourth-order valence-corrected chi connectivity index (χ4v) is 3.75. The molecule has 1 amide bonds. The first kappa shape index (κ1) is 24.5. The van der Waals surface area contributed by atoms with E-state index in [1.165, 1.54) is 0 Å². The standard InChI is InChI=1S/C23H33N5O5/c1-6-31-21(29)15-8-7-9-16(12-15)32-17-10-11-18(24-13-17)20-19(28(5)27-26-20)14-25-22(30)33-23(2,3)4/h10-11,13,15-16H,6-9,12,14H2,1-5H3,(H,25,30)/t15-,16-/m0/s1. The van der Waals surface area contributed by atoms with Gasteiger partial charge in [0.15, 0.2) is 0 Å². The van der Waals surface area contributed by atoms with Gasteiger partial charge in [0.25, 0.3) is 0 Å². The number of carbonyl (C=O) groups excluding carboxylic acids is 2. The van der Waals surface area contributed by atoms with Gasteiger partial charge in [-0.1, -0.05) is 5.21 Å². The van der Waals surface area contributed by atoms with Gasteiger partial charge in [-0.25, -0.2) is 9.48 Å². The Morgan fingerprint density at radius 1 is 1.24 bits per heavy atom. The monoisotopic (exact) mass is 459 g/mol. The minimum atomic E-state index is -0.580. The van der Waals surface area contributed by atoms with E-state index >= 15 is 0 Å². The summed E-state index contributed by atoms with van der Waals surface area (Å²) in [5.41, 5.74) is 1.31. The molecule has 10 heteroatoms. The lowest BCUT2D eigenvalue weighted by Crippen LogP contribution is -2.32. The summed E-state index contributed by atoms with van der Waals surface area (Å²) in [6.45, 7) is 7.83. The highest BCUT2D eigenvalue weighted by Crippen LogP contribution is 2.29. The molecule has 1 aliphatic rings. The summed E-state index contributed by atoms with van der Waals surface area (Å²) in [6, 6.07) is 3.64. The Morgan fingerprint density at radius 3 is 2.70 bits per heavy atom. The van der Waals surface area contributed by atoms with Crippen LogP contribution in [-0.4, -0.2) is 50.4 Å². The van der Waals surface area contributed by atoms with Crippen molar-refractivity contribution < 1.29 is 23.8 Å². The lowest BCUT2D eigenvalue weighted by Gasteiger charge is -2.28. The van der Waals surface area contributed by atoms with Gasteiger partial charge < -0.3 is 19.5 Å². The summed E-state index contributed by atoms with van der Waals surface area (Å²) in [7, 11) is 1.75. The smallest absolute Gasteiger partial charge is 0.407 e. The first-order chi connectivity index (χ1) is 15.7. The maximum Gasteiger partial charge on any atom is 0.407 e. The highest BCUT2D eigenvalue weighted by Gasteiger charge is 2.29. The first-order valence-corrected chi connectivity index (χ1v) is 11.3. The van der Waals surface area contributed by atoms with Crippen molar-refractivity contribution >= 4 is 12.1 Å². The second-order valence-corrected chi connectivity index (χ2v) is 9.10. The van der Waals surface area contributed by atoms with Crippen molar-refractivity contribution in [3.8, 4) is 17.1 Å². The van der Waals surface area contributed by atoms with Gasteiger partial charge in [-0.05, 0) is 65.5 Å². The fraction of sp³-hybridized carbons (Fsp3) is 0.609. The molecule has 0 radical (unpaired) electrons. The molecule has 0 bridgehead atoms. The Labute approximate surface area is 194 Å². The topological polar surface area (TPSA) is 117 Å². The Kier molecular flexibility index (Phi) is 7.88. The van der Waals surface area contributed by atoms with Gasteiger partial charge >= 0.3 is 12.1 Å². The number of amides is 1. The van der Waals surface area contributed by atoms with Crippen molar-refractivity contribution in [3.05, 3.63) is 24.0 Å². The average Bonchev–Trinajstić information content (AvgIpc) is 3.12. The van der Waals surface area contributed by atoms with Gasteiger partial charge in [0.2, 0.25) is 0 Å². The van der Waals surface area contributed by atoms with E-state index in [2.05, 4.69) is 20.6 Å². The van der Waals surface area contributed by atoms with E-state index in [0.717, 1.165) is 19.3 Å². The predicted octanol–water partition coefficient (Wildman–Crippen LogP) is 3.40. The molecule has 33 heavy (non-hydrogen) atoms. The number of nitrogens with zero attached hydrogens (tertiary/aromatic N) is 4. The van der Waals surface area contributed by atoms with Crippen molar-refractivity contribution in [1.29, 1.82) is 0 Å². The van der Waals surface area contributed by atoms with E-state index in [0.29, 0.717) is 35.9 Å². The van der Waals surface area contributed by atoms with Crippen LogP contribution in [-0.2, 0) is 27.9 Å². The van der Waals surface area contributed by atoms with Crippen molar-refractivity contribution in [2.45, 2.75) is 71.6 Å². The molecule has 2 aromatic rings. The lowest BCUT2D eigenvalue weighted by molar-refractivity contribution is -0.150. The van der Waals surface area contributed by atoms with Crippen molar-refractivity contribution in [3.63, 3.8) is 0 Å². The van der Waals surface area contributed by atoms with Crippen LogP contribution < -0.4 is 10.1 Å². The molecule has 0 spiro atoms. The molecule has 1 saturated carbocycles. The molecule has 0 aromatic carbocycles. The van der Waals surface area contributed by atoms with Gasteiger partial charge in [0.1, 0.15) is 17.0 Å². The van der Waals surface area contributed by atoms with Crippen LogP contribution in [0.4, 0.5) is 4.79 Å². The van der Waals surface area contributed by atoms with E-state index in [9.17, 15) is 9.59 Å². The summed E-state index contributed by atoms with van der Waals surface area (Å²) in [4.78, 5) is 28.5. The molecule has 1 fully saturated rings. The van der Waals surface area contributed by atoms with Crippen molar-refractivity contribution in [2.75, 3.05) is 6.61 Å². The normalized spacial score (nSPS) is 18.5. The van der Waals surface area contributed by atoms with E-state index in [-0.39, 0.29) is 24.5 Å². The number of hydrogen-bond donors (Lipinski definition) is 1. The molecular weight excluding hydrogens is 426 g/mol. The highest BCUT2D eigenvalue weighted by molar-refractivity contribution is 5.72. The zero-order chi connectivity index (χ0) is 24.0. The summed E-state index contributed by atoms with van der Waals surface area (Å²) in [5.74, 6) is 0.371. The third-order valence-corrected chi connectivity index (χ3v) is 5.27. The summed E-state index contributed by atoms with van der Waals surface area (Å²) in [5, 5.41) is 11.0. The zero-order valence-corrected chi connectivity index (χ0v) is 20.0. The largest absolute Gasteiger partial charge is 0.489 e. The molecule has 2 aromatic heterocycles. The molecule has 2 heterocycles. The third-order valence-electron chi connectivity index (χ3n) is 5.27. The van der Waals surface area contributed by atoms with Gasteiger partial charge in [-0.2, -0.15) is 0 Å². The number of aryl methyl sites for hydroxylation is 1. The van der Waals surface area contributed by atoms with E-state index < -0.39 is 11.7 Å². The number of pyridine rings is 1. The van der Waals surface area contributed by atoms with E-state index in [1.807, 2.05) is 39.8 Å². The highest BCUT2D eigenvalue weighted by atomic mass is 16.6. The second kappa shape index (κ2) is 10.6. The van der Waals surface area contributed by atoms with Crippen LogP contribution in [0.25, 0.3) is 11.4 Å². The van der Waals surface area contributed by atoms with Crippen LogP contribution in [0.1, 0.15) is 59.1 Å². The maximum absolute atomic E-state index is 12.1. The summed E-state index contributed by atoms with van der Waals surface area (Å²) in [6.07, 6.45) is 4.37. The Hall–Kier alpha value is -3.17. The maximum atomic E-state index is 12.1. The first-order valence-electron chi connectivity index (χ1n) is 11.3. The number of rotatable bonds is 7. The fourth-order valence-electron chi connectivity index (χ4n) is 3.75.